The third kappa shape index (κ3) is 1.56. The normalized spacial score (nSPS) is 45.7. The minimum atomic E-state index is -0.0375. The number of aliphatic hydroxyl groups excluding tert-OH is 1. The molecule has 96 valence electrons. The molecule has 0 aromatic rings. The summed E-state index contributed by atoms with van der Waals surface area (Å²) < 4.78 is 0. The highest BCUT2D eigenvalue weighted by molar-refractivity contribution is 5.44. The molecule has 1 fully saturated rings. The van der Waals surface area contributed by atoms with E-state index in [9.17, 15) is 5.11 Å². The standard InChI is InChI=1S/C17H22O/c18-13-6-9-15-12(10-13)5-8-16-14-3-1-2-11(14)4-7-17(15)16/h1,3,7-8,11-15,18H,2,4-6,9-10H2. The number of rotatable bonds is 0. The van der Waals surface area contributed by atoms with Crippen molar-refractivity contribution in [1.82, 2.24) is 0 Å². The number of fused-ring (bicyclic) bond motifs is 5. The zero-order valence-electron chi connectivity index (χ0n) is 10.9. The Morgan fingerprint density at radius 3 is 2.72 bits per heavy atom. The van der Waals surface area contributed by atoms with Gasteiger partial charge in [-0.25, -0.2) is 0 Å². The van der Waals surface area contributed by atoms with Crippen LogP contribution in [-0.4, -0.2) is 11.2 Å². The zero-order chi connectivity index (χ0) is 12.1. The van der Waals surface area contributed by atoms with E-state index in [4.69, 9.17) is 0 Å². The molecule has 0 amide bonds. The van der Waals surface area contributed by atoms with Gasteiger partial charge in [-0.1, -0.05) is 24.3 Å². The van der Waals surface area contributed by atoms with E-state index in [1.165, 1.54) is 25.7 Å². The van der Waals surface area contributed by atoms with Gasteiger partial charge in [0, 0.05) is 5.92 Å². The van der Waals surface area contributed by atoms with Crippen LogP contribution in [-0.2, 0) is 0 Å². The Morgan fingerprint density at radius 1 is 0.944 bits per heavy atom. The Bertz CT molecular complexity index is 443. The zero-order valence-corrected chi connectivity index (χ0v) is 10.9. The molecule has 0 radical (unpaired) electrons. The van der Waals surface area contributed by atoms with Crippen LogP contribution in [0.15, 0.2) is 35.5 Å². The molecule has 5 unspecified atom stereocenters. The van der Waals surface area contributed by atoms with Crippen LogP contribution in [0.1, 0.15) is 38.5 Å². The van der Waals surface area contributed by atoms with E-state index in [0.717, 1.165) is 30.6 Å². The summed E-state index contributed by atoms with van der Waals surface area (Å²) in [5, 5.41) is 9.84. The quantitative estimate of drug-likeness (QED) is 0.643. The second-order valence-electron chi connectivity index (χ2n) is 6.57. The molecule has 0 spiro atoms. The van der Waals surface area contributed by atoms with Gasteiger partial charge in [-0.15, -0.1) is 0 Å². The van der Waals surface area contributed by atoms with Gasteiger partial charge < -0.3 is 5.11 Å². The molecular formula is C17H22O. The van der Waals surface area contributed by atoms with Crippen LogP contribution >= 0.6 is 0 Å². The minimum absolute atomic E-state index is 0.0375. The molecule has 0 heterocycles. The lowest BCUT2D eigenvalue weighted by molar-refractivity contribution is 0.0771. The average Bonchev–Trinajstić information content (AvgIpc) is 2.86. The van der Waals surface area contributed by atoms with Crippen molar-refractivity contribution in [2.24, 2.45) is 23.7 Å². The molecule has 18 heavy (non-hydrogen) atoms. The van der Waals surface area contributed by atoms with Crippen LogP contribution in [0.2, 0.25) is 0 Å². The van der Waals surface area contributed by atoms with E-state index in [1.54, 1.807) is 11.1 Å². The van der Waals surface area contributed by atoms with Gasteiger partial charge >= 0.3 is 0 Å². The van der Waals surface area contributed by atoms with Gasteiger partial charge in [0.05, 0.1) is 6.10 Å². The van der Waals surface area contributed by atoms with Crippen molar-refractivity contribution in [2.75, 3.05) is 0 Å². The fourth-order valence-electron chi connectivity index (χ4n) is 4.70. The summed E-state index contributed by atoms with van der Waals surface area (Å²) >= 11 is 0. The Balaban J connectivity index is 1.68. The molecule has 1 heteroatoms. The van der Waals surface area contributed by atoms with E-state index in [0.29, 0.717) is 5.92 Å². The number of aliphatic hydroxyl groups is 1. The molecule has 0 aromatic carbocycles. The van der Waals surface area contributed by atoms with Gasteiger partial charge in [0.25, 0.3) is 0 Å². The average molecular weight is 242 g/mol. The van der Waals surface area contributed by atoms with Crippen molar-refractivity contribution >= 4 is 0 Å². The Morgan fingerprint density at radius 2 is 1.78 bits per heavy atom. The third-order valence-corrected chi connectivity index (χ3v) is 5.62. The molecular weight excluding hydrogens is 220 g/mol. The maximum atomic E-state index is 9.84. The van der Waals surface area contributed by atoms with Gasteiger partial charge in [0.2, 0.25) is 0 Å². The first-order valence-corrected chi connectivity index (χ1v) is 7.58. The van der Waals surface area contributed by atoms with E-state index < -0.39 is 0 Å². The largest absolute Gasteiger partial charge is 0.393 e. The number of allylic oxidation sites excluding steroid dienone is 6. The summed E-state index contributed by atoms with van der Waals surface area (Å²) in [4.78, 5) is 0. The maximum absolute atomic E-state index is 9.84. The van der Waals surface area contributed by atoms with Gasteiger partial charge in [-0.2, -0.15) is 0 Å². The van der Waals surface area contributed by atoms with E-state index in [1.807, 2.05) is 0 Å². The summed E-state index contributed by atoms with van der Waals surface area (Å²) in [7, 11) is 0. The highest BCUT2D eigenvalue weighted by Crippen LogP contribution is 2.51. The Hall–Kier alpha value is -0.820. The van der Waals surface area contributed by atoms with Crippen LogP contribution in [0.5, 0.6) is 0 Å². The van der Waals surface area contributed by atoms with Crippen molar-refractivity contribution in [3.05, 3.63) is 35.5 Å². The molecule has 0 aromatic heterocycles. The van der Waals surface area contributed by atoms with Crippen molar-refractivity contribution in [2.45, 2.75) is 44.6 Å². The molecule has 1 N–H and O–H groups in total. The first kappa shape index (κ1) is 11.0. The second kappa shape index (κ2) is 4.09. The van der Waals surface area contributed by atoms with Crippen molar-refractivity contribution < 1.29 is 5.11 Å². The van der Waals surface area contributed by atoms with Crippen LogP contribution in [0, 0.1) is 23.7 Å². The highest BCUT2D eigenvalue weighted by Gasteiger charge is 2.40. The third-order valence-electron chi connectivity index (χ3n) is 5.62. The summed E-state index contributed by atoms with van der Waals surface area (Å²) in [6, 6.07) is 0. The van der Waals surface area contributed by atoms with Gasteiger partial charge in [-0.05, 0) is 67.4 Å². The molecule has 4 aliphatic carbocycles. The molecule has 0 bridgehead atoms. The highest BCUT2D eigenvalue weighted by atomic mass is 16.3. The van der Waals surface area contributed by atoms with Crippen LogP contribution in [0.4, 0.5) is 0 Å². The van der Waals surface area contributed by atoms with Gasteiger partial charge in [0.15, 0.2) is 0 Å². The molecule has 0 saturated heterocycles. The first-order valence-electron chi connectivity index (χ1n) is 7.58. The maximum Gasteiger partial charge on any atom is 0.0543 e. The fourth-order valence-corrected chi connectivity index (χ4v) is 4.70. The molecule has 1 nitrogen and oxygen atoms in total. The van der Waals surface area contributed by atoms with Crippen molar-refractivity contribution in [3.63, 3.8) is 0 Å². The smallest absolute Gasteiger partial charge is 0.0543 e. The number of hydrogen-bond acceptors (Lipinski definition) is 1. The SMILES string of the molecule is OC1CCC2C3=CCC4CC=CC4C3=CCC2C1. The van der Waals surface area contributed by atoms with E-state index in [2.05, 4.69) is 24.3 Å². The molecule has 4 rings (SSSR count). The number of hydrogen-bond donors (Lipinski definition) is 1. The summed E-state index contributed by atoms with van der Waals surface area (Å²) in [6.45, 7) is 0. The van der Waals surface area contributed by atoms with Gasteiger partial charge in [-0.3, -0.25) is 0 Å². The van der Waals surface area contributed by atoms with Crippen molar-refractivity contribution in [1.29, 1.82) is 0 Å². The lowest BCUT2D eigenvalue weighted by Gasteiger charge is -2.43. The predicted octanol–water partition coefficient (Wildman–Crippen LogP) is 3.62. The van der Waals surface area contributed by atoms with Gasteiger partial charge in [0.1, 0.15) is 0 Å². The summed E-state index contributed by atoms with van der Waals surface area (Å²) in [5.74, 6) is 3.04. The van der Waals surface area contributed by atoms with Crippen LogP contribution < -0.4 is 0 Å². The van der Waals surface area contributed by atoms with E-state index >= 15 is 0 Å². The first-order chi connectivity index (χ1) is 8.83. The Kier molecular flexibility index (Phi) is 2.51. The second-order valence-corrected chi connectivity index (χ2v) is 6.57. The molecule has 0 aliphatic heterocycles. The fraction of sp³-hybridized carbons (Fsp3) is 0.647. The topological polar surface area (TPSA) is 20.2 Å². The molecule has 1 saturated carbocycles. The van der Waals surface area contributed by atoms with E-state index in [-0.39, 0.29) is 6.10 Å². The minimum Gasteiger partial charge on any atom is -0.393 e. The summed E-state index contributed by atoms with van der Waals surface area (Å²) in [5.41, 5.74) is 3.31. The molecule has 4 aliphatic rings. The predicted molar refractivity (Wildman–Crippen MR) is 73.0 cm³/mol. The van der Waals surface area contributed by atoms with Crippen molar-refractivity contribution in [3.8, 4) is 0 Å². The lowest BCUT2D eigenvalue weighted by atomic mass is 9.62. The Labute approximate surface area is 109 Å². The van der Waals surface area contributed by atoms with Crippen LogP contribution in [0.3, 0.4) is 0 Å². The summed E-state index contributed by atoms with van der Waals surface area (Å²) in [6.07, 6.45) is 16.8. The lowest BCUT2D eigenvalue weighted by Crippen LogP contribution is -2.34. The van der Waals surface area contributed by atoms with Crippen LogP contribution in [0.25, 0.3) is 0 Å². The monoisotopic (exact) mass is 242 g/mol. The molecule has 5 atom stereocenters.